The van der Waals surface area contributed by atoms with Crippen LogP contribution < -0.4 is 5.32 Å². The second-order valence-electron chi connectivity index (χ2n) is 4.98. The summed E-state index contributed by atoms with van der Waals surface area (Å²) in [5.74, 6) is 2.55. The van der Waals surface area contributed by atoms with E-state index in [2.05, 4.69) is 12.2 Å². The number of rotatable bonds is 4. The zero-order chi connectivity index (χ0) is 10.1. The first kappa shape index (κ1) is 9.97. The molecule has 0 aromatic heterocycles. The Morgan fingerprint density at radius 3 is 2.57 bits per heavy atom. The van der Waals surface area contributed by atoms with Gasteiger partial charge in [0, 0.05) is 20.0 Å². The van der Waals surface area contributed by atoms with Crippen molar-refractivity contribution in [3.05, 3.63) is 0 Å². The maximum Gasteiger partial charge on any atom is 0.222 e. The van der Waals surface area contributed by atoms with Gasteiger partial charge in [0.05, 0.1) is 0 Å². The van der Waals surface area contributed by atoms with Crippen molar-refractivity contribution in [3.63, 3.8) is 0 Å². The number of nitrogens with one attached hydrogen (secondary N) is 1. The van der Waals surface area contributed by atoms with Crippen LogP contribution in [0.25, 0.3) is 0 Å². The van der Waals surface area contributed by atoms with Gasteiger partial charge >= 0.3 is 0 Å². The highest BCUT2D eigenvalue weighted by Crippen LogP contribution is 2.38. The summed E-state index contributed by atoms with van der Waals surface area (Å²) in [5.41, 5.74) is 0. The smallest absolute Gasteiger partial charge is 0.222 e. The third-order valence-corrected chi connectivity index (χ3v) is 3.54. The predicted octanol–water partition coefficient (Wildman–Crippen LogP) is 0.710. The van der Waals surface area contributed by atoms with Crippen LogP contribution in [0.5, 0.6) is 0 Å². The number of amides is 1. The van der Waals surface area contributed by atoms with Crippen LogP contribution >= 0.6 is 0 Å². The normalized spacial score (nSPS) is 31.0. The number of nitrogens with zero attached hydrogens (tertiary/aromatic N) is 1. The molecular formula is C11H20N2O. The van der Waals surface area contributed by atoms with E-state index in [9.17, 15) is 4.79 Å². The third kappa shape index (κ3) is 2.27. The highest BCUT2D eigenvalue weighted by Gasteiger charge is 2.34. The van der Waals surface area contributed by atoms with Gasteiger partial charge < -0.3 is 10.2 Å². The fourth-order valence-corrected chi connectivity index (χ4v) is 2.00. The summed E-state index contributed by atoms with van der Waals surface area (Å²) in [6.45, 7) is 5.29. The SMILES string of the molecule is CC1CC1CN(C)C(=O)CC1CNC1. The molecule has 2 unspecified atom stereocenters. The first-order valence-corrected chi connectivity index (χ1v) is 5.61. The molecular weight excluding hydrogens is 176 g/mol. The first-order chi connectivity index (χ1) is 6.66. The van der Waals surface area contributed by atoms with Crippen molar-refractivity contribution in [3.8, 4) is 0 Å². The summed E-state index contributed by atoms with van der Waals surface area (Å²) in [4.78, 5) is 13.6. The number of hydrogen-bond donors (Lipinski definition) is 1. The average Bonchev–Trinajstić information content (AvgIpc) is 2.74. The summed E-state index contributed by atoms with van der Waals surface area (Å²) in [7, 11) is 1.94. The topological polar surface area (TPSA) is 32.3 Å². The van der Waals surface area contributed by atoms with E-state index >= 15 is 0 Å². The lowest BCUT2D eigenvalue weighted by molar-refractivity contribution is -0.131. The molecule has 1 saturated heterocycles. The molecule has 80 valence electrons. The van der Waals surface area contributed by atoms with Crippen LogP contribution in [0.3, 0.4) is 0 Å². The number of hydrogen-bond acceptors (Lipinski definition) is 2. The predicted molar refractivity (Wildman–Crippen MR) is 55.9 cm³/mol. The van der Waals surface area contributed by atoms with Crippen molar-refractivity contribution >= 4 is 5.91 Å². The minimum atomic E-state index is 0.329. The van der Waals surface area contributed by atoms with Gasteiger partial charge in [-0.1, -0.05) is 6.92 Å². The molecule has 2 rings (SSSR count). The molecule has 3 nitrogen and oxygen atoms in total. The van der Waals surface area contributed by atoms with Gasteiger partial charge in [0.15, 0.2) is 0 Å². The van der Waals surface area contributed by atoms with Crippen LogP contribution in [0.15, 0.2) is 0 Å². The Morgan fingerprint density at radius 1 is 1.50 bits per heavy atom. The summed E-state index contributed by atoms with van der Waals surface area (Å²) in [6, 6.07) is 0. The average molecular weight is 196 g/mol. The fourth-order valence-electron chi connectivity index (χ4n) is 2.00. The highest BCUT2D eigenvalue weighted by molar-refractivity contribution is 5.76. The Morgan fingerprint density at radius 2 is 2.14 bits per heavy atom. The van der Waals surface area contributed by atoms with E-state index < -0.39 is 0 Å². The minimum absolute atomic E-state index is 0.329. The van der Waals surface area contributed by atoms with Crippen LogP contribution in [0.1, 0.15) is 19.8 Å². The van der Waals surface area contributed by atoms with Crippen LogP contribution in [0.2, 0.25) is 0 Å². The molecule has 14 heavy (non-hydrogen) atoms. The number of carbonyl (C=O) groups is 1. The summed E-state index contributed by atoms with van der Waals surface area (Å²) >= 11 is 0. The van der Waals surface area contributed by atoms with Gasteiger partial charge in [0.1, 0.15) is 0 Å². The molecule has 3 heteroatoms. The second-order valence-corrected chi connectivity index (χ2v) is 4.98. The maximum absolute atomic E-state index is 11.7. The van der Waals surface area contributed by atoms with Crippen molar-refractivity contribution in [2.45, 2.75) is 19.8 Å². The van der Waals surface area contributed by atoms with Crippen LogP contribution in [-0.2, 0) is 4.79 Å². The summed E-state index contributed by atoms with van der Waals surface area (Å²) < 4.78 is 0. The van der Waals surface area contributed by atoms with E-state index in [0.29, 0.717) is 11.8 Å². The quantitative estimate of drug-likeness (QED) is 0.718. The van der Waals surface area contributed by atoms with Gasteiger partial charge in [-0.3, -0.25) is 4.79 Å². The van der Waals surface area contributed by atoms with E-state index in [4.69, 9.17) is 0 Å². The molecule has 1 aliphatic carbocycles. The largest absolute Gasteiger partial charge is 0.345 e. The molecule has 0 spiro atoms. The zero-order valence-electron chi connectivity index (χ0n) is 9.12. The first-order valence-electron chi connectivity index (χ1n) is 5.61. The molecule has 1 saturated carbocycles. The number of carbonyl (C=O) groups excluding carboxylic acids is 1. The maximum atomic E-state index is 11.7. The Balaban J connectivity index is 1.67. The molecule has 1 aliphatic heterocycles. The Kier molecular flexibility index (Phi) is 2.77. The van der Waals surface area contributed by atoms with E-state index in [1.165, 1.54) is 6.42 Å². The van der Waals surface area contributed by atoms with Crippen molar-refractivity contribution in [1.82, 2.24) is 10.2 Å². The van der Waals surface area contributed by atoms with Gasteiger partial charge in [-0.05, 0) is 37.3 Å². The van der Waals surface area contributed by atoms with Gasteiger partial charge in [-0.2, -0.15) is 0 Å². The van der Waals surface area contributed by atoms with E-state index in [0.717, 1.165) is 37.9 Å². The molecule has 0 aromatic carbocycles. The Labute approximate surface area is 85.8 Å². The lowest BCUT2D eigenvalue weighted by atomic mass is 9.99. The second kappa shape index (κ2) is 3.89. The van der Waals surface area contributed by atoms with E-state index in [1.807, 2.05) is 11.9 Å². The Hall–Kier alpha value is -0.570. The molecule has 2 fully saturated rings. The summed E-state index contributed by atoms with van der Waals surface area (Å²) in [6.07, 6.45) is 2.05. The van der Waals surface area contributed by atoms with Crippen LogP contribution in [0.4, 0.5) is 0 Å². The monoisotopic (exact) mass is 196 g/mol. The molecule has 2 atom stereocenters. The van der Waals surface area contributed by atoms with Crippen LogP contribution in [-0.4, -0.2) is 37.5 Å². The molecule has 1 heterocycles. The van der Waals surface area contributed by atoms with Crippen molar-refractivity contribution in [2.24, 2.45) is 17.8 Å². The summed E-state index contributed by atoms with van der Waals surface area (Å²) in [5, 5.41) is 3.19. The van der Waals surface area contributed by atoms with E-state index in [-0.39, 0.29) is 0 Å². The lowest BCUT2D eigenvalue weighted by Crippen LogP contribution is -2.45. The van der Waals surface area contributed by atoms with Gasteiger partial charge in [0.2, 0.25) is 5.91 Å². The van der Waals surface area contributed by atoms with Crippen molar-refractivity contribution in [2.75, 3.05) is 26.7 Å². The molecule has 0 aromatic rings. The molecule has 0 bridgehead atoms. The Bertz CT molecular complexity index is 225. The van der Waals surface area contributed by atoms with E-state index in [1.54, 1.807) is 0 Å². The van der Waals surface area contributed by atoms with Crippen molar-refractivity contribution in [1.29, 1.82) is 0 Å². The highest BCUT2D eigenvalue weighted by atomic mass is 16.2. The molecule has 1 N–H and O–H groups in total. The third-order valence-electron chi connectivity index (χ3n) is 3.54. The van der Waals surface area contributed by atoms with Gasteiger partial charge in [-0.25, -0.2) is 0 Å². The standard InChI is InChI=1S/C11H20N2O/c1-8-3-10(8)7-13(2)11(14)4-9-5-12-6-9/h8-10,12H,3-7H2,1-2H3. The van der Waals surface area contributed by atoms with Crippen LogP contribution in [0, 0.1) is 17.8 Å². The molecule has 2 aliphatic rings. The lowest BCUT2D eigenvalue weighted by Gasteiger charge is -2.28. The van der Waals surface area contributed by atoms with Gasteiger partial charge in [-0.15, -0.1) is 0 Å². The fraction of sp³-hybridized carbons (Fsp3) is 0.909. The zero-order valence-corrected chi connectivity index (χ0v) is 9.12. The minimum Gasteiger partial charge on any atom is -0.345 e. The van der Waals surface area contributed by atoms with Gasteiger partial charge in [0.25, 0.3) is 0 Å². The molecule has 0 radical (unpaired) electrons. The van der Waals surface area contributed by atoms with Crippen molar-refractivity contribution < 1.29 is 4.79 Å². The molecule has 1 amide bonds.